The van der Waals surface area contributed by atoms with E-state index in [1.54, 1.807) is 13.8 Å². The van der Waals surface area contributed by atoms with Gasteiger partial charge in [0.25, 0.3) is 0 Å². The van der Waals surface area contributed by atoms with Crippen LogP contribution in [0.5, 0.6) is 0 Å². The molecular weight excluding hydrogens is 164 g/mol. The summed E-state index contributed by atoms with van der Waals surface area (Å²) < 4.78 is 22.2. The molecule has 0 bridgehead atoms. The van der Waals surface area contributed by atoms with E-state index in [1.165, 1.54) is 6.92 Å². The molecule has 0 aromatic rings. The molecule has 0 saturated heterocycles. The fraction of sp³-hybridized carbons (Fsp3) is 0.857. The lowest BCUT2D eigenvalue weighted by atomic mass is 10.2. The van der Waals surface area contributed by atoms with E-state index in [2.05, 4.69) is 0 Å². The average molecular weight is 178 g/mol. The molecule has 0 N–H and O–H groups in total. The van der Waals surface area contributed by atoms with Gasteiger partial charge < -0.3 is 0 Å². The third-order valence-electron chi connectivity index (χ3n) is 1.74. The van der Waals surface area contributed by atoms with Gasteiger partial charge in [-0.15, -0.1) is 0 Å². The normalized spacial score (nSPS) is 14.5. The van der Waals surface area contributed by atoms with Crippen LogP contribution in [0, 0.1) is 0 Å². The van der Waals surface area contributed by atoms with Crippen LogP contribution in [0.15, 0.2) is 0 Å². The maximum atomic E-state index is 11.1. The highest BCUT2D eigenvalue weighted by molar-refractivity contribution is 7.92. The number of Topliss-reactive ketones (excluding diaryl/α,β-unsaturated/α-hetero) is 1. The molecule has 0 aromatic heterocycles. The standard InChI is InChI=1S/C7H14O3S/c1-4-7(8)6(3)11(9,10)5-2/h6H,4-5H2,1-3H3. The third-order valence-corrected chi connectivity index (χ3v) is 3.89. The molecule has 0 amide bonds. The van der Waals surface area contributed by atoms with Gasteiger partial charge >= 0.3 is 0 Å². The Hall–Kier alpha value is -0.380. The first-order valence-electron chi connectivity index (χ1n) is 3.70. The minimum absolute atomic E-state index is 0.0416. The molecule has 0 fully saturated rings. The van der Waals surface area contributed by atoms with Gasteiger partial charge in [-0.25, -0.2) is 8.42 Å². The topological polar surface area (TPSA) is 51.2 Å². The molecule has 0 aliphatic rings. The first kappa shape index (κ1) is 10.6. The summed E-state index contributed by atoms with van der Waals surface area (Å²) in [6.45, 7) is 4.67. The van der Waals surface area contributed by atoms with E-state index >= 15 is 0 Å². The lowest BCUT2D eigenvalue weighted by Crippen LogP contribution is -2.27. The first-order chi connectivity index (χ1) is 4.95. The zero-order valence-corrected chi connectivity index (χ0v) is 7.94. The Bertz CT molecular complexity index is 228. The van der Waals surface area contributed by atoms with Crippen LogP contribution in [0.4, 0.5) is 0 Å². The quantitative estimate of drug-likeness (QED) is 0.639. The van der Waals surface area contributed by atoms with Crippen molar-refractivity contribution in [2.75, 3.05) is 5.75 Å². The van der Waals surface area contributed by atoms with E-state index in [4.69, 9.17) is 0 Å². The highest BCUT2D eigenvalue weighted by Gasteiger charge is 2.23. The van der Waals surface area contributed by atoms with E-state index in [0.717, 1.165) is 0 Å². The van der Waals surface area contributed by atoms with Gasteiger partial charge in [0.1, 0.15) is 11.0 Å². The van der Waals surface area contributed by atoms with E-state index in [1.807, 2.05) is 0 Å². The van der Waals surface area contributed by atoms with Gasteiger partial charge in [0.15, 0.2) is 9.84 Å². The zero-order chi connectivity index (χ0) is 9.07. The van der Waals surface area contributed by atoms with Gasteiger partial charge in [-0.05, 0) is 6.92 Å². The van der Waals surface area contributed by atoms with Gasteiger partial charge in [-0.1, -0.05) is 13.8 Å². The summed E-state index contributed by atoms with van der Waals surface area (Å²) >= 11 is 0. The van der Waals surface area contributed by atoms with Crippen LogP contribution >= 0.6 is 0 Å². The van der Waals surface area contributed by atoms with Crippen LogP contribution in [0.3, 0.4) is 0 Å². The van der Waals surface area contributed by atoms with Crippen LogP contribution in [0.1, 0.15) is 27.2 Å². The summed E-state index contributed by atoms with van der Waals surface area (Å²) in [5, 5.41) is -0.822. The Labute approximate surface area is 67.7 Å². The molecule has 0 aliphatic carbocycles. The number of hydrogen-bond donors (Lipinski definition) is 0. The van der Waals surface area contributed by atoms with E-state index in [-0.39, 0.29) is 11.5 Å². The van der Waals surface area contributed by atoms with Crippen LogP contribution in [-0.2, 0) is 14.6 Å². The van der Waals surface area contributed by atoms with Gasteiger partial charge in [-0.2, -0.15) is 0 Å². The predicted octanol–water partition coefficient (Wildman–Crippen LogP) is 0.789. The highest BCUT2D eigenvalue weighted by atomic mass is 32.2. The molecule has 66 valence electrons. The largest absolute Gasteiger partial charge is 0.298 e. The smallest absolute Gasteiger partial charge is 0.159 e. The minimum Gasteiger partial charge on any atom is -0.298 e. The number of sulfone groups is 1. The molecular formula is C7H14O3S. The fourth-order valence-corrected chi connectivity index (χ4v) is 1.80. The van der Waals surface area contributed by atoms with Crippen molar-refractivity contribution in [2.45, 2.75) is 32.4 Å². The van der Waals surface area contributed by atoms with Crippen molar-refractivity contribution < 1.29 is 13.2 Å². The molecule has 11 heavy (non-hydrogen) atoms. The third kappa shape index (κ3) is 2.61. The molecule has 0 rings (SSSR count). The van der Waals surface area contributed by atoms with Crippen molar-refractivity contribution in [3.63, 3.8) is 0 Å². The van der Waals surface area contributed by atoms with Crippen LogP contribution in [-0.4, -0.2) is 25.2 Å². The van der Waals surface area contributed by atoms with E-state index in [0.29, 0.717) is 6.42 Å². The summed E-state index contributed by atoms with van der Waals surface area (Å²) in [6, 6.07) is 0. The predicted molar refractivity (Wildman–Crippen MR) is 44.2 cm³/mol. The van der Waals surface area contributed by atoms with Crippen molar-refractivity contribution in [3.8, 4) is 0 Å². The minimum atomic E-state index is -3.16. The second-order valence-corrected chi connectivity index (χ2v) is 5.02. The SMILES string of the molecule is CCC(=O)C(C)S(=O)(=O)CC. The molecule has 0 radical (unpaired) electrons. The fourth-order valence-electron chi connectivity index (χ4n) is 0.738. The van der Waals surface area contributed by atoms with Crippen molar-refractivity contribution in [1.82, 2.24) is 0 Å². The number of carbonyl (C=O) groups is 1. The van der Waals surface area contributed by atoms with Crippen LogP contribution < -0.4 is 0 Å². The Kier molecular flexibility index (Phi) is 3.72. The molecule has 0 heterocycles. The van der Waals surface area contributed by atoms with Gasteiger partial charge in [-0.3, -0.25) is 4.79 Å². The Morgan fingerprint density at radius 1 is 1.36 bits per heavy atom. The molecule has 3 nitrogen and oxygen atoms in total. The average Bonchev–Trinajstić information content (AvgIpc) is 2.01. The summed E-state index contributed by atoms with van der Waals surface area (Å²) in [7, 11) is -3.16. The van der Waals surface area contributed by atoms with Crippen LogP contribution in [0.25, 0.3) is 0 Å². The summed E-state index contributed by atoms with van der Waals surface area (Å²) in [5.41, 5.74) is 0. The molecule has 0 saturated carbocycles. The molecule has 0 spiro atoms. The number of hydrogen-bond acceptors (Lipinski definition) is 3. The Balaban J connectivity index is 4.49. The van der Waals surface area contributed by atoms with Crippen molar-refractivity contribution >= 4 is 15.6 Å². The number of ketones is 1. The van der Waals surface area contributed by atoms with Gasteiger partial charge in [0.2, 0.25) is 0 Å². The molecule has 1 atom stereocenters. The zero-order valence-electron chi connectivity index (χ0n) is 7.12. The van der Waals surface area contributed by atoms with Gasteiger partial charge in [0.05, 0.1) is 0 Å². The molecule has 4 heteroatoms. The summed E-state index contributed by atoms with van der Waals surface area (Å²) in [4.78, 5) is 10.9. The van der Waals surface area contributed by atoms with Crippen molar-refractivity contribution in [2.24, 2.45) is 0 Å². The second kappa shape index (κ2) is 3.85. The molecule has 0 aromatic carbocycles. The van der Waals surface area contributed by atoms with E-state index < -0.39 is 15.1 Å². The number of rotatable bonds is 4. The monoisotopic (exact) mass is 178 g/mol. The second-order valence-electron chi connectivity index (χ2n) is 2.41. The molecule has 0 aliphatic heterocycles. The van der Waals surface area contributed by atoms with Gasteiger partial charge in [0, 0.05) is 12.2 Å². The first-order valence-corrected chi connectivity index (χ1v) is 5.41. The summed E-state index contributed by atoms with van der Waals surface area (Å²) in [5.74, 6) is -0.160. The van der Waals surface area contributed by atoms with Crippen molar-refractivity contribution in [1.29, 1.82) is 0 Å². The molecule has 1 unspecified atom stereocenters. The number of carbonyl (C=O) groups excluding carboxylic acids is 1. The maximum absolute atomic E-state index is 11.1. The lowest BCUT2D eigenvalue weighted by molar-refractivity contribution is -0.118. The Morgan fingerprint density at radius 2 is 1.82 bits per heavy atom. The lowest BCUT2D eigenvalue weighted by Gasteiger charge is -2.07. The highest BCUT2D eigenvalue weighted by Crippen LogP contribution is 2.04. The Morgan fingerprint density at radius 3 is 2.09 bits per heavy atom. The van der Waals surface area contributed by atoms with E-state index in [9.17, 15) is 13.2 Å². The maximum Gasteiger partial charge on any atom is 0.159 e. The summed E-state index contributed by atoms with van der Waals surface area (Å²) in [6.07, 6.45) is 0.292. The van der Waals surface area contributed by atoms with Crippen LogP contribution in [0.2, 0.25) is 0 Å². The van der Waals surface area contributed by atoms with Crippen molar-refractivity contribution in [3.05, 3.63) is 0 Å².